The van der Waals surface area contributed by atoms with E-state index in [0.29, 0.717) is 0 Å². The van der Waals surface area contributed by atoms with Gasteiger partial charge in [0.25, 0.3) is 0 Å². The number of thiophene rings is 1. The lowest BCUT2D eigenvalue weighted by Gasteiger charge is -1.95. The van der Waals surface area contributed by atoms with Crippen molar-refractivity contribution in [1.82, 2.24) is 13.7 Å². The smallest absolute Gasteiger partial charge is 0.112 e. The largest absolute Gasteiger partial charge is 0.293 e. The van der Waals surface area contributed by atoms with Crippen molar-refractivity contribution in [2.45, 2.75) is 0 Å². The van der Waals surface area contributed by atoms with E-state index < -0.39 is 0 Å². The van der Waals surface area contributed by atoms with Gasteiger partial charge in [0.1, 0.15) is 5.52 Å². The Morgan fingerprint density at radius 2 is 2.18 bits per heavy atom. The number of H-pyrrole nitrogens is 1. The first-order chi connectivity index (χ1) is 8.43. The predicted molar refractivity (Wildman–Crippen MR) is 72.6 cm³/mol. The van der Waals surface area contributed by atoms with Crippen LogP contribution in [0, 0.1) is 0 Å². The Hall–Kier alpha value is -1.72. The molecule has 4 rings (SSSR count). The van der Waals surface area contributed by atoms with E-state index in [1.807, 2.05) is 12.3 Å². The number of fused-ring (bicyclic) bond motifs is 3. The first-order valence-corrected chi connectivity index (χ1v) is 6.84. The van der Waals surface area contributed by atoms with E-state index in [2.05, 4.69) is 37.3 Å². The summed E-state index contributed by atoms with van der Waals surface area (Å²) in [5, 5.41) is 4.38. The third-order valence-corrected chi connectivity index (χ3v) is 4.29. The molecular weight excluding hydrogens is 250 g/mol. The Labute approximate surface area is 105 Å². The summed E-state index contributed by atoms with van der Waals surface area (Å²) in [5.41, 5.74) is 3.14. The number of hydrogen-bond donors (Lipinski definition) is 1. The molecule has 0 saturated carbocycles. The van der Waals surface area contributed by atoms with Crippen LogP contribution in [0.2, 0.25) is 0 Å². The van der Waals surface area contributed by atoms with Crippen LogP contribution in [0.4, 0.5) is 0 Å². The van der Waals surface area contributed by atoms with E-state index in [-0.39, 0.29) is 0 Å². The summed E-state index contributed by atoms with van der Waals surface area (Å²) in [4.78, 5) is 5.72. The number of nitrogens with one attached hydrogen (secondary N) is 1. The fraction of sp³-hybridized carbons (Fsp3) is 0. The first-order valence-electron chi connectivity index (χ1n) is 5.19. The summed E-state index contributed by atoms with van der Waals surface area (Å²) in [6, 6.07) is 8.29. The van der Waals surface area contributed by atoms with Gasteiger partial charge < -0.3 is 0 Å². The van der Waals surface area contributed by atoms with E-state index in [9.17, 15) is 0 Å². The maximum Gasteiger partial charge on any atom is 0.112 e. The van der Waals surface area contributed by atoms with Crippen molar-refractivity contribution in [3.05, 3.63) is 35.8 Å². The van der Waals surface area contributed by atoms with Crippen LogP contribution in [-0.2, 0) is 0 Å². The topological polar surface area (TPSA) is 41.6 Å². The molecule has 1 N–H and O–H groups in total. The number of benzene rings is 1. The molecule has 0 unspecified atom stereocenters. The minimum Gasteiger partial charge on any atom is -0.293 e. The van der Waals surface area contributed by atoms with Gasteiger partial charge in [0.15, 0.2) is 0 Å². The molecule has 0 bridgehead atoms. The van der Waals surface area contributed by atoms with Gasteiger partial charge in [-0.3, -0.25) is 9.36 Å². The molecule has 3 heterocycles. The van der Waals surface area contributed by atoms with Crippen molar-refractivity contribution in [2.75, 3.05) is 0 Å². The third-order valence-electron chi connectivity index (χ3n) is 2.83. The normalized spacial score (nSPS) is 11.5. The van der Waals surface area contributed by atoms with Gasteiger partial charge in [0.05, 0.1) is 16.1 Å². The van der Waals surface area contributed by atoms with Crippen molar-refractivity contribution in [3.63, 3.8) is 0 Å². The van der Waals surface area contributed by atoms with Gasteiger partial charge in [-0.05, 0) is 17.5 Å². The maximum absolute atomic E-state index is 4.53. The number of aromatic amines is 1. The van der Waals surface area contributed by atoms with Crippen molar-refractivity contribution in [1.29, 1.82) is 0 Å². The zero-order chi connectivity index (χ0) is 11.2. The predicted octanol–water partition coefficient (Wildman–Crippen LogP) is 3.90. The highest BCUT2D eigenvalue weighted by molar-refractivity contribution is 7.13. The van der Waals surface area contributed by atoms with E-state index in [4.69, 9.17) is 0 Å². The highest BCUT2D eigenvalue weighted by atomic mass is 32.1. The summed E-state index contributed by atoms with van der Waals surface area (Å²) in [6.07, 6.45) is 1.92. The van der Waals surface area contributed by atoms with Crippen LogP contribution in [0.15, 0.2) is 35.8 Å². The minimum absolute atomic E-state index is 1.02. The summed E-state index contributed by atoms with van der Waals surface area (Å²) in [5.74, 6) is 0. The van der Waals surface area contributed by atoms with Gasteiger partial charge in [0.2, 0.25) is 0 Å². The molecule has 0 saturated heterocycles. The molecule has 1 aromatic carbocycles. The Balaban J connectivity index is 2.20. The molecule has 0 radical (unpaired) electrons. The lowest BCUT2D eigenvalue weighted by atomic mass is 10.1. The van der Waals surface area contributed by atoms with Gasteiger partial charge in [0, 0.05) is 28.7 Å². The third kappa shape index (κ3) is 1.26. The van der Waals surface area contributed by atoms with Crippen molar-refractivity contribution < 1.29 is 0 Å². The Morgan fingerprint density at radius 3 is 3.06 bits per heavy atom. The molecule has 4 aromatic rings. The van der Waals surface area contributed by atoms with E-state index in [0.717, 1.165) is 27.5 Å². The average molecular weight is 257 g/mol. The highest BCUT2D eigenvalue weighted by Gasteiger charge is 2.13. The number of nitrogens with zero attached hydrogens (tertiary/aromatic N) is 2. The molecule has 0 aliphatic carbocycles. The Kier molecular flexibility index (Phi) is 1.86. The van der Waals surface area contributed by atoms with Gasteiger partial charge in [-0.1, -0.05) is 12.1 Å². The lowest BCUT2D eigenvalue weighted by Crippen LogP contribution is -1.75. The number of hydrogen-bond acceptors (Lipinski definition) is 4. The van der Waals surface area contributed by atoms with Gasteiger partial charge in [-0.15, -0.1) is 11.3 Å². The second kappa shape index (κ2) is 3.38. The molecule has 0 aliphatic heterocycles. The van der Waals surface area contributed by atoms with Crippen molar-refractivity contribution in [3.8, 4) is 10.6 Å². The zero-order valence-corrected chi connectivity index (χ0v) is 10.3. The van der Waals surface area contributed by atoms with Gasteiger partial charge in [-0.25, -0.2) is 0 Å². The summed E-state index contributed by atoms with van der Waals surface area (Å²) < 4.78 is 7.62. The molecule has 3 nitrogen and oxygen atoms in total. The van der Waals surface area contributed by atoms with E-state index in [1.54, 1.807) is 11.3 Å². The molecule has 17 heavy (non-hydrogen) atoms. The summed E-state index contributed by atoms with van der Waals surface area (Å²) in [7, 11) is 0. The van der Waals surface area contributed by atoms with Gasteiger partial charge in [-0.2, -0.15) is 4.37 Å². The van der Waals surface area contributed by atoms with E-state index in [1.165, 1.54) is 16.6 Å². The monoisotopic (exact) mass is 257 g/mol. The molecule has 0 amide bonds. The second-order valence-electron chi connectivity index (χ2n) is 3.79. The summed E-state index contributed by atoms with van der Waals surface area (Å²) >= 11 is 3.09. The zero-order valence-electron chi connectivity index (χ0n) is 8.68. The van der Waals surface area contributed by atoms with Crippen LogP contribution < -0.4 is 0 Å². The van der Waals surface area contributed by atoms with Crippen LogP contribution in [0.3, 0.4) is 0 Å². The standard InChI is InChI=1S/C12H7N3S2/c1-2-9(16-5-1)12-10-7(6-13-12)3-4-8-11(10)15-17-14-8/h1-6,14H. The molecule has 3 aromatic heterocycles. The average Bonchev–Trinajstić information content (AvgIpc) is 3.08. The quantitative estimate of drug-likeness (QED) is 0.562. The lowest BCUT2D eigenvalue weighted by molar-refractivity contribution is 1.43. The van der Waals surface area contributed by atoms with E-state index >= 15 is 0 Å². The van der Waals surface area contributed by atoms with Crippen LogP contribution in [0.5, 0.6) is 0 Å². The fourth-order valence-electron chi connectivity index (χ4n) is 2.06. The minimum atomic E-state index is 1.02. The number of aromatic nitrogens is 3. The van der Waals surface area contributed by atoms with Crippen LogP contribution >= 0.6 is 23.1 Å². The Morgan fingerprint density at radius 1 is 1.18 bits per heavy atom. The molecule has 0 aliphatic rings. The molecule has 0 fully saturated rings. The highest BCUT2D eigenvalue weighted by Crippen LogP contribution is 2.34. The van der Waals surface area contributed by atoms with Crippen LogP contribution in [0.25, 0.3) is 32.4 Å². The molecule has 0 spiro atoms. The SMILES string of the molecule is c1csc(-c2ncc3ccc4[nH]snc4c23)c1. The first kappa shape index (κ1) is 9.32. The molecular formula is C12H7N3S2. The fourth-order valence-corrected chi connectivity index (χ4v) is 3.37. The van der Waals surface area contributed by atoms with Crippen molar-refractivity contribution in [2.24, 2.45) is 0 Å². The maximum atomic E-state index is 4.53. The van der Waals surface area contributed by atoms with Crippen molar-refractivity contribution >= 4 is 44.9 Å². The van der Waals surface area contributed by atoms with Gasteiger partial charge >= 0.3 is 0 Å². The Bertz CT molecular complexity index is 796. The molecule has 5 heteroatoms. The van der Waals surface area contributed by atoms with Crippen LogP contribution in [0.1, 0.15) is 0 Å². The molecule has 82 valence electrons. The van der Waals surface area contributed by atoms with Crippen LogP contribution in [-0.4, -0.2) is 13.7 Å². The summed E-state index contributed by atoms with van der Waals surface area (Å²) in [6.45, 7) is 0. The second-order valence-corrected chi connectivity index (χ2v) is 5.31. The molecule has 0 atom stereocenters. The number of rotatable bonds is 1.